The topological polar surface area (TPSA) is 44.3 Å². The lowest BCUT2D eigenvalue weighted by Crippen LogP contribution is -2.18. The molecule has 8 aromatic rings. The molecule has 0 aliphatic heterocycles. The van der Waals surface area contributed by atoms with Gasteiger partial charge in [0.05, 0.1) is 16.6 Å². The minimum atomic E-state index is -0.0379. The molecule has 0 saturated heterocycles. The van der Waals surface area contributed by atoms with E-state index in [2.05, 4.69) is 134 Å². The van der Waals surface area contributed by atoms with Crippen molar-refractivity contribution >= 4 is 49.1 Å². The molecule has 0 amide bonds. The molecule has 5 nitrogen and oxygen atoms in total. The van der Waals surface area contributed by atoms with E-state index in [9.17, 15) is 0 Å². The van der Waals surface area contributed by atoms with Crippen LogP contribution in [0.25, 0.3) is 54.9 Å². The molecule has 0 bridgehead atoms. The van der Waals surface area contributed by atoms with Crippen molar-refractivity contribution in [3.8, 4) is 17.3 Å². The standard InChI is InChI=1S/C40H36N4O/c1-39(2,3)25-21-31-28-16-14-26(23-32(28)38-42-19-20-43(38)37(31)33(22-25)40(4,5)6)45-27-15-17-30-29-11-7-8-12-34(29)44(35(30)24-27)36-13-9-10-18-41-36/h7-24H,1-6H3. The van der Waals surface area contributed by atoms with Gasteiger partial charge in [0.15, 0.2) is 0 Å². The van der Waals surface area contributed by atoms with Gasteiger partial charge in [-0.1, -0.05) is 71.9 Å². The Labute approximate surface area is 262 Å². The van der Waals surface area contributed by atoms with E-state index in [1.807, 2.05) is 30.6 Å². The first kappa shape index (κ1) is 27.4. The number of nitrogens with zero attached hydrogens (tertiary/aromatic N) is 4. The highest BCUT2D eigenvalue weighted by Crippen LogP contribution is 2.41. The SMILES string of the molecule is CC(C)(C)c1cc(C(C)(C)C)c2c(c1)c1ccc(Oc3ccc4c5ccccc5n(-c5ccccn5)c4c3)cc1c1nccn12. The van der Waals surface area contributed by atoms with Crippen molar-refractivity contribution in [2.45, 2.75) is 52.4 Å². The number of para-hydroxylation sites is 1. The maximum absolute atomic E-state index is 6.60. The molecule has 0 aliphatic rings. The molecule has 4 heterocycles. The zero-order valence-corrected chi connectivity index (χ0v) is 26.6. The molecule has 0 fully saturated rings. The van der Waals surface area contributed by atoms with E-state index in [-0.39, 0.29) is 10.8 Å². The van der Waals surface area contributed by atoms with Gasteiger partial charge in [0.25, 0.3) is 0 Å². The van der Waals surface area contributed by atoms with Gasteiger partial charge in [-0.3, -0.25) is 8.97 Å². The van der Waals surface area contributed by atoms with Crippen LogP contribution in [-0.4, -0.2) is 18.9 Å². The Balaban J connectivity index is 1.31. The van der Waals surface area contributed by atoms with Crippen LogP contribution >= 0.6 is 0 Å². The van der Waals surface area contributed by atoms with Crippen molar-refractivity contribution in [2.24, 2.45) is 0 Å². The van der Waals surface area contributed by atoms with Crippen molar-refractivity contribution in [2.75, 3.05) is 0 Å². The molecule has 0 radical (unpaired) electrons. The average molecular weight is 589 g/mol. The van der Waals surface area contributed by atoms with Crippen LogP contribution in [0.3, 0.4) is 0 Å². The van der Waals surface area contributed by atoms with Crippen molar-refractivity contribution in [1.29, 1.82) is 0 Å². The molecule has 0 unspecified atom stereocenters. The highest BCUT2D eigenvalue weighted by molar-refractivity contribution is 6.13. The van der Waals surface area contributed by atoms with E-state index >= 15 is 0 Å². The number of ether oxygens (including phenoxy) is 1. The lowest BCUT2D eigenvalue weighted by Gasteiger charge is -2.28. The number of benzene rings is 4. The smallest absolute Gasteiger partial charge is 0.145 e. The molecule has 0 spiro atoms. The van der Waals surface area contributed by atoms with Crippen molar-refractivity contribution in [3.05, 3.63) is 121 Å². The third-order valence-corrected chi connectivity index (χ3v) is 8.95. The Hall–Kier alpha value is -5.16. The summed E-state index contributed by atoms with van der Waals surface area (Å²) in [5.74, 6) is 2.42. The number of hydrogen-bond acceptors (Lipinski definition) is 3. The highest BCUT2D eigenvalue weighted by atomic mass is 16.5. The first-order valence-corrected chi connectivity index (χ1v) is 15.6. The van der Waals surface area contributed by atoms with Gasteiger partial charge in [-0.15, -0.1) is 0 Å². The second kappa shape index (κ2) is 9.67. The fourth-order valence-corrected chi connectivity index (χ4v) is 6.68. The van der Waals surface area contributed by atoms with Crippen LogP contribution < -0.4 is 4.74 Å². The average Bonchev–Trinajstić information content (AvgIpc) is 3.63. The van der Waals surface area contributed by atoms with Gasteiger partial charge in [0.2, 0.25) is 0 Å². The van der Waals surface area contributed by atoms with Gasteiger partial charge in [0, 0.05) is 46.2 Å². The zero-order chi connectivity index (χ0) is 31.1. The summed E-state index contributed by atoms with van der Waals surface area (Å²) in [6.07, 6.45) is 5.82. The minimum Gasteiger partial charge on any atom is -0.457 e. The molecule has 0 aliphatic carbocycles. The van der Waals surface area contributed by atoms with E-state index < -0.39 is 0 Å². The lowest BCUT2D eigenvalue weighted by atomic mass is 9.78. The van der Waals surface area contributed by atoms with Gasteiger partial charge in [0.1, 0.15) is 23.0 Å². The van der Waals surface area contributed by atoms with E-state index in [1.54, 1.807) is 0 Å². The maximum Gasteiger partial charge on any atom is 0.145 e. The summed E-state index contributed by atoms with van der Waals surface area (Å²) in [7, 11) is 0. The highest BCUT2D eigenvalue weighted by Gasteiger charge is 2.25. The molecule has 8 rings (SSSR count). The lowest BCUT2D eigenvalue weighted by molar-refractivity contribution is 0.484. The molecule has 4 aromatic carbocycles. The van der Waals surface area contributed by atoms with Gasteiger partial charge in [-0.2, -0.15) is 0 Å². The van der Waals surface area contributed by atoms with Crippen molar-refractivity contribution < 1.29 is 4.74 Å². The van der Waals surface area contributed by atoms with E-state index in [0.717, 1.165) is 44.8 Å². The molecular weight excluding hydrogens is 552 g/mol. The molecular formula is C40H36N4O. The third-order valence-electron chi connectivity index (χ3n) is 8.95. The summed E-state index contributed by atoms with van der Waals surface area (Å²) in [5, 5.41) is 5.84. The van der Waals surface area contributed by atoms with Gasteiger partial charge < -0.3 is 4.74 Å². The monoisotopic (exact) mass is 588 g/mol. The Morgan fingerprint density at radius 1 is 0.578 bits per heavy atom. The summed E-state index contributed by atoms with van der Waals surface area (Å²) in [5.41, 5.74) is 6.96. The fraction of sp³-hybridized carbons (Fsp3) is 0.200. The van der Waals surface area contributed by atoms with E-state index in [1.165, 1.54) is 32.8 Å². The van der Waals surface area contributed by atoms with Crippen LogP contribution in [0.2, 0.25) is 0 Å². The predicted octanol–water partition coefficient (Wildman–Crippen LogP) is 10.5. The molecule has 5 heteroatoms. The summed E-state index contributed by atoms with van der Waals surface area (Å²) in [4.78, 5) is 9.52. The summed E-state index contributed by atoms with van der Waals surface area (Å²) < 4.78 is 11.1. The van der Waals surface area contributed by atoms with Crippen LogP contribution in [0.5, 0.6) is 11.5 Å². The molecule has 4 aromatic heterocycles. The van der Waals surface area contributed by atoms with Gasteiger partial charge in [-0.05, 0) is 81.9 Å². The molecule has 0 N–H and O–H groups in total. The molecule has 45 heavy (non-hydrogen) atoms. The number of rotatable bonds is 3. The summed E-state index contributed by atoms with van der Waals surface area (Å²) >= 11 is 0. The van der Waals surface area contributed by atoms with E-state index in [0.29, 0.717) is 0 Å². The zero-order valence-electron chi connectivity index (χ0n) is 26.6. The number of fused-ring (bicyclic) bond motifs is 9. The van der Waals surface area contributed by atoms with Crippen LogP contribution in [0.4, 0.5) is 0 Å². The van der Waals surface area contributed by atoms with Gasteiger partial charge >= 0.3 is 0 Å². The Bertz CT molecular complexity index is 2420. The minimum absolute atomic E-state index is 0.0177. The molecule has 0 atom stereocenters. The normalized spacial score (nSPS) is 12.7. The maximum atomic E-state index is 6.60. The number of imidazole rings is 1. The molecule has 222 valence electrons. The third kappa shape index (κ3) is 4.37. The second-order valence-electron chi connectivity index (χ2n) is 14.1. The van der Waals surface area contributed by atoms with E-state index in [4.69, 9.17) is 9.72 Å². The van der Waals surface area contributed by atoms with Crippen LogP contribution in [0.1, 0.15) is 52.7 Å². The Kier molecular flexibility index (Phi) is 5.89. The number of pyridine rings is 2. The van der Waals surface area contributed by atoms with Crippen LogP contribution in [0.15, 0.2) is 110 Å². The van der Waals surface area contributed by atoms with Crippen LogP contribution in [0, 0.1) is 0 Å². The Morgan fingerprint density at radius 3 is 2.07 bits per heavy atom. The molecule has 0 saturated carbocycles. The van der Waals surface area contributed by atoms with Gasteiger partial charge in [-0.25, -0.2) is 9.97 Å². The number of hydrogen-bond donors (Lipinski definition) is 0. The predicted molar refractivity (Wildman–Crippen MR) is 186 cm³/mol. The van der Waals surface area contributed by atoms with Crippen LogP contribution in [-0.2, 0) is 10.8 Å². The number of aromatic nitrogens is 4. The largest absolute Gasteiger partial charge is 0.457 e. The summed E-state index contributed by atoms with van der Waals surface area (Å²) in [6.45, 7) is 13.7. The van der Waals surface area contributed by atoms with Crippen molar-refractivity contribution in [3.63, 3.8) is 0 Å². The second-order valence-corrected chi connectivity index (χ2v) is 14.1. The first-order chi connectivity index (χ1) is 21.6. The fourth-order valence-electron chi connectivity index (χ4n) is 6.68. The Morgan fingerprint density at radius 2 is 1.31 bits per heavy atom. The van der Waals surface area contributed by atoms with Crippen molar-refractivity contribution in [1.82, 2.24) is 18.9 Å². The quantitative estimate of drug-likeness (QED) is 0.193. The first-order valence-electron chi connectivity index (χ1n) is 15.6. The summed E-state index contributed by atoms with van der Waals surface area (Å²) in [6, 6.07) is 32.0.